The average molecular weight is 354 g/mol. The van der Waals surface area contributed by atoms with Gasteiger partial charge >= 0.3 is 0 Å². The lowest BCUT2D eigenvalue weighted by molar-refractivity contribution is -0.137. The van der Waals surface area contributed by atoms with Gasteiger partial charge in [0.1, 0.15) is 13.2 Å². The van der Waals surface area contributed by atoms with Crippen LogP contribution >= 0.6 is 0 Å². The second-order valence-corrected chi connectivity index (χ2v) is 5.99. The maximum absolute atomic E-state index is 12.2. The molecule has 0 saturated carbocycles. The number of ether oxygens (including phenoxy) is 1. The van der Waals surface area contributed by atoms with E-state index in [1.807, 2.05) is 18.2 Å². The number of piperazine rings is 1. The Balaban J connectivity index is 1.36. The molecule has 0 aliphatic carbocycles. The van der Waals surface area contributed by atoms with E-state index in [0.717, 1.165) is 13.1 Å². The van der Waals surface area contributed by atoms with Crippen molar-refractivity contribution in [1.29, 1.82) is 0 Å². The van der Waals surface area contributed by atoms with Crippen molar-refractivity contribution in [2.75, 3.05) is 49.6 Å². The van der Waals surface area contributed by atoms with Gasteiger partial charge in [-0.2, -0.15) is 0 Å². The molecule has 1 aliphatic heterocycles. The van der Waals surface area contributed by atoms with Gasteiger partial charge in [-0.3, -0.25) is 14.6 Å². The third kappa shape index (κ3) is 5.03. The van der Waals surface area contributed by atoms with Gasteiger partial charge in [0.05, 0.1) is 11.9 Å². The van der Waals surface area contributed by atoms with Crippen molar-refractivity contribution in [2.24, 2.45) is 0 Å². The van der Waals surface area contributed by atoms with Gasteiger partial charge in [0, 0.05) is 38.1 Å². The summed E-state index contributed by atoms with van der Waals surface area (Å²) in [4.78, 5) is 31.9. The minimum atomic E-state index is -0.306. The molecule has 7 heteroatoms. The first kappa shape index (κ1) is 17.9. The zero-order chi connectivity index (χ0) is 18.2. The molecule has 1 fully saturated rings. The van der Waals surface area contributed by atoms with E-state index >= 15 is 0 Å². The minimum Gasteiger partial charge on any atom is -0.368 e. The molecule has 1 saturated heterocycles. The van der Waals surface area contributed by atoms with Crippen LogP contribution in [0.25, 0.3) is 0 Å². The number of benzene rings is 1. The zero-order valence-corrected chi connectivity index (χ0v) is 14.5. The smallest absolute Gasteiger partial charge is 0.250 e. The SMILES string of the molecule is O=C(COCC(=O)N1CCN(c2ccccc2)CC1)Nc1cccnc1. The monoisotopic (exact) mass is 354 g/mol. The molecule has 1 aromatic carbocycles. The summed E-state index contributed by atoms with van der Waals surface area (Å²) in [5, 5.41) is 2.66. The van der Waals surface area contributed by atoms with Crippen molar-refractivity contribution in [1.82, 2.24) is 9.88 Å². The fourth-order valence-electron chi connectivity index (χ4n) is 2.81. The van der Waals surface area contributed by atoms with E-state index in [4.69, 9.17) is 4.74 Å². The minimum absolute atomic E-state index is 0.0908. The lowest BCUT2D eigenvalue weighted by Gasteiger charge is -2.36. The summed E-state index contributed by atoms with van der Waals surface area (Å²) in [5.74, 6) is -0.397. The van der Waals surface area contributed by atoms with Gasteiger partial charge in [-0.25, -0.2) is 0 Å². The Morgan fingerprint density at radius 1 is 1.00 bits per heavy atom. The molecule has 2 aromatic rings. The molecule has 0 bridgehead atoms. The number of nitrogens with zero attached hydrogens (tertiary/aromatic N) is 3. The van der Waals surface area contributed by atoms with Crippen LogP contribution in [0.2, 0.25) is 0 Å². The number of hydrogen-bond acceptors (Lipinski definition) is 5. The number of anilines is 2. The molecule has 0 atom stereocenters. The van der Waals surface area contributed by atoms with E-state index < -0.39 is 0 Å². The Morgan fingerprint density at radius 3 is 2.46 bits per heavy atom. The molecule has 3 rings (SSSR count). The van der Waals surface area contributed by atoms with Gasteiger partial charge in [-0.05, 0) is 24.3 Å². The molecule has 0 unspecified atom stereocenters. The highest BCUT2D eigenvalue weighted by Crippen LogP contribution is 2.15. The third-order valence-electron chi connectivity index (χ3n) is 4.16. The number of rotatable bonds is 6. The van der Waals surface area contributed by atoms with Crippen LogP contribution in [-0.4, -0.2) is 61.1 Å². The quantitative estimate of drug-likeness (QED) is 0.848. The first-order chi connectivity index (χ1) is 12.7. The highest BCUT2D eigenvalue weighted by atomic mass is 16.5. The Morgan fingerprint density at radius 2 is 1.77 bits per heavy atom. The molecule has 26 heavy (non-hydrogen) atoms. The zero-order valence-electron chi connectivity index (χ0n) is 14.5. The molecular weight excluding hydrogens is 332 g/mol. The van der Waals surface area contributed by atoms with Crippen molar-refractivity contribution in [3.8, 4) is 0 Å². The molecule has 7 nitrogen and oxygen atoms in total. The highest BCUT2D eigenvalue weighted by molar-refractivity contribution is 5.91. The summed E-state index contributed by atoms with van der Waals surface area (Å²) in [6.07, 6.45) is 3.18. The van der Waals surface area contributed by atoms with Gasteiger partial charge in [-0.15, -0.1) is 0 Å². The first-order valence-corrected chi connectivity index (χ1v) is 8.58. The third-order valence-corrected chi connectivity index (χ3v) is 4.16. The largest absolute Gasteiger partial charge is 0.368 e. The Bertz CT molecular complexity index is 716. The Hall–Kier alpha value is -2.93. The summed E-state index contributed by atoms with van der Waals surface area (Å²) in [6, 6.07) is 13.6. The number of pyridine rings is 1. The molecule has 136 valence electrons. The topological polar surface area (TPSA) is 74.8 Å². The van der Waals surface area contributed by atoms with Crippen LogP contribution in [0, 0.1) is 0 Å². The fourth-order valence-corrected chi connectivity index (χ4v) is 2.81. The van der Waals surface area contributed by atoms with Gasteiger partial charge in [0.25, 0.3) is 0 Å². The lowest BCUT2D eigenvalue weighted by Crippen LogP contribution is -2.49. The first-order valence-electron chi connectivity index (χ1n) is 8.58. The predicted octanol–water partition coefficient (Wildman–Crippen LogP) is 1.39. The lowest BCUT2D eigenvalue weighted by atomic mass is 10.2. The maximum Gasteiger partial charge on any atom is 0.250 e. The normalized spacial score (nSPS) is 14.2. The summed E-state index contributed by atoms with van der Waals surface area (Å²) in [6.45, 7) is 2.63. The van der Waals surface area contributed by atoms with Crippen molar-refractivity contribution in [3.05, 3.63) is 54.9 Å². The van der Waals surface area contributed by atoms with Gasteiger partial charge in [0.15, 0.2) is 0 Å². The number of amides is 2. The van der Waals surface area contributed by atoms with E-state index in [1.165, 1.54) is 5.69 Å². The Kier molecular flexibility index (Phi) is 6.16. The number of carbonyl (C=O) groups excluding carboxylic acids is 2. The van der Waals surface area contributed by atoms with Crippen LogP contribution < -0.4 is 10.2 Å². The van der Waals surface area contributed by atoms with Crippen LogP contribution in [0.4, 0.5) is 11.4 Å². The van der Waals surface area contributed by atoms with E-state index in [1.54, 1.807) is 29.4 Å². The molecule has 1 aromatic heterocycles. The maximum atomic E-state index is 12.2. The van der Waals surface area contributed by atoms with Crippen molar-refractivity contribution in [2.45, 2.75) is 0 Å². The van der Waals surface area contributed by atoms with Crippen LogP contribution in [0.5, 0.6) is 0 Å². The van der Waals surface area contributed by atoms with Gasteiger partial charge in [-0.1, -0.05) is 18.2 Å². The van der Waals surface area contributed by atoms with Crippen molar-refractivity contribution in [3.63, 3.8) is 0 Å². The molecule has 1 N–H and O–H groups in total. The number of nitrogens with one attached hydrogen (secondary N) is 1. The van der Waals surface area contributed by atoms with Crippen LogP contribution in [0.3, 0.4) is 0 Å². The van der Waals surface area contributed by atoms with Crippen LogP contribution in [0.1, 0.15) is 0 Å². The number of carbonyl (C=O) groups is 2. The van der Waals surface area contributed by atoms with Crippen LogP contribution in [0.15, 0.2) is 54.9 Å². The van der Waals surface area contributed by atoms with Gasteiger partial charge in [0.2, 0.25) is 11.8 Å². The van der Waals surface area contributed by atoms with E-state index in [-0.39, 0.29) is 25.0 Å². The van der Waals surface area contributed by atoms with Crippen LogP contribution in [-0.2, 0) is 14.3 Å². The average Bonchev–Trinajstić information content (AvgIpc) is 2.69. The predicted molar refractivity (Wildman–Crippen MR) is 98.9 cm³/mol. The molecular formula is C19H22N4O3. The number of para-hydroxylation sites is 1. The molecule has 1 aliphatic rings. The number of aromatic nitrogens is 1. The standard InChI is InChI=1S/C19H22N4O3/c24-18(21-16-5-4-8-20-13-16)14-26-15-19(25)23-11-9-22(10-12-23)17-6-2-1-3-7-17/h1-8,13H,9-12,14-15H2,(H,21,24). The summed E-state index contributed by atoms with van der Waals surface area (Å²) >= 11 is 0. The summed E-state index contributed by atoms with van der Waals surface area (Å²) in [7, 11) is 0. The second kappa shape index (κ2) is 8.96. The molecule has 0 spiro atoms. The van der Waals surface area contributed by atoms with E-state index in [2.05, 4.69) is 27.3 Å². The van der Waals surface area contributed by atoms with E-state index in [0.29, 0.717) is 18.8 Å². The molecule has 2 amide bonds. The van der Waals surface area contributed by atoms with E-state index in [9.17, 15) is 9.59 Å². The summed E-state index contributed by atoms with van der Waals surface area (Å²) < 4.78 is 5.26. The summed E-state index contributed by atoms with van der Waals surface area (Å²) in [5.41, 5.74) is 1.77. The second-order valence-electron chi connectivity index (χ2n) is 5.99. The molecule has 0 radical (unpaired) electrons. The highest BCUT2D eigenvalue weighted by Gasteiger charge is 2.21. The fraction of sp³-hybridized carbons (Fsp3) is 0.316. The number of hydrogen-bond donors (Lipinski definition) is 1. The van der Waals surface area contributed by atoms with Gasteiger partial charge < -0.3 is 19.9 Å². The van der Waals surface area contributed by atoms with Crippen molar-refractivity contribution >= 4 is 23.2 Å². The van der Waals surface area contributed by atoms with Crippen molar-refractivity contribution < 1.29 is 14.3 Å². The Labute approximate surface area is 152 Å². The molecule has 2 heterocycles.